The first-order valence-corrected chi connectivity index (χ1v) is 9.05. The molecule has 7 nitrogen and oxygen atoms in total. The van der Waals surface area contributed by atoms with Crippen molar-refractivity contribution in [2.75, 3.05) is 36.5 Å². The molecule has 1 N–H and O–H groups in total. The van der Waals surface area contributed by atoms with Crippen LogP contribution in [0.3, 0.4) is 0 Å². The number of amides is 1. The Bertz CT molecular complexity index is 850. The summed E-state index contributed by atoms with van der Waals surface area (Å²) in [6, 6.07) is 5.51. The lowest BCUT2D eigenvalue weighted by atomic mass is 10.0. The molecule has 3 heterocycles. The van der Waals surface area contributed by atoms with Crippen LogP contribution in [0.5, 0.6) is 0 Å². The van der Waals surface area contributed by atoms with Gasteiger partial charge in [-0.15, -0.1) is 0 Å². The van der Waals surface area contributed by atoms with Gasteiger partial charge in [0.25, 0.3) is 5.91 Å². The van der Waals surface area contributed by atoms with Crippen molar-refractivity contribution in [1.82, 2.24) is 9.97 Å². The standard InChI is InChI=1S/C18H18ClFN4O3/c19-13-11-12(1-2-14(13)20)22-16(25)15-3-6-21-17(23-15)24-7-4-18(5-8-24)26-9-10-27-18/h1-3,6,11H,4-5,7-10H2,(H,22,25). The van der Waals surface area contributed by atoms with Crippen LogP contribution in [-0.4, -0.2) is 48.0 Å². The Morgan fingerprint density at radius 1 is 1.22 bits per heavy atom. The number of nitrogens with zero attached hydrogens (tertiary/aromatic N) is 3. The first kappa shape index (κ1) is 18.1. The molecule has 142 valence electrons. The van der Waals surface area contributed by atoms with Crippen molar-refractivity contribution < 1.29 is 18.7 Å². The van der Waals surface area contributed by atoms with Crippen LogP contribution in [0, 0.1) is 5.82 Å². The van der Waals surface area contributed by atoms with E-state index in [2.05, 4.69) is 15.3 Å². The Hall–Kier alpha value is -2.29. The third-order valence-electron chi connectivity index (χ3n) is 4.67. The number of carbonyl (C=O) groups is 1. The molecule has 27 heavy (non-hydrogen) atoms. The molecule has 4 rings (SSSR count). The van der Waals surface area contributed by atoms with Gasteiger partial charge in [-0.05, 0) is 24.3 Å². The number of hydrogen-bond donors (Lipinski definition) is 1. The van der Waals surface area contributed by atoms with Crippen LogP contribution in [0.4, 0.5) is 16.0 Å². The van der Waals surface area contributed by atoms with E-state index in [9.17, 15) is 9.18 Å². The normalized spacial score (nSPS) is 18.7. The molecule has 0 atom stereocenters. The minimum atomic E-state index is -0.544. The van der Waals surface area contributed by atoms with Gasteiger partial charge in [0, 0.05) is 37.8 Å². The average molecular weight is 393 g/mol. The molecule has 2 saturated heterocycles. The van der Waals surface area contributed by atoms with Gasteiger partial charge in [-0.1, -0.05) is 11.6 Å². The summed E-state index contributed by atoms with van der Waals surface area (Å²) < 4.78 is 24.7. The molecule has 0 saturated carbocycles. The van der Waals surface area contributed by atoms with Crippen LogP contribution in [0.2, 0.25) is 5.02 Å². The molecule has 2 aromatic rings. The topological polar surface area (TPSA) is 76.6 Å². The molecule has 1 aromatic carbocycles. The molecule has 2 fully saturated rings. The molecule has 0 bridgehead atoms. The molecule has 0 aliphatic carbocycles. The second-order valence-corrected chi connectivity index (χ2v) is 6.83. The number of rotatable bonds is 3. The van der Waals surface area contributed by atoms with E-state index in [-0.39, 0.29) is 10.7 Å². The van der Waals surface area contributed by atoms with E-state index in [0.717, 1.165) is 12.8 Å². The first-order chi connectivity index (χ1) is 13.0. The Morgan fingerprint density at radius 2 is 1.96 bits per heavy atom. The largest absolute Gasteiger partial charge is 0.347 e. The lowest BCUT2D eigenvalue weighted by Gasteiger charge is -2.37. The quantitative estimate of drug-likeness (QED) is 0.865. The highest BCUT2D eigenvalue weighted by Crippen LogP contribution is 2.32. The molecule has 0 radical (unpaired) electrons. The Morgan fingerprint density at radius 3 is 2.67 bits per heavy atom. The summed E-state index contributed by atoms with van der Waals surface area (Å²) in [7, 11) is 0. The van der Waals surface area contributed by atoms with Gasteiger partial charge in [0.1, 0.15) is 11.5 Å². The maximum atomic E-state index is 13.2. The van der Waals surface area contributed by atoms with E-state index in [1.54, 1.807) is 6.20 Å². The summed E-state index contributed by atoms with van der Waals surface area (Å²) >= 11 is 5.74. The number of aromatic nitrogens is 2. The zero-order valence-corrected chi connectivity index (χ0v) is 15.2. The van der Waals surface area contributed by atoms with Crippen LogP contribution in [0.1, 0.15) is 23.3 Å². The first-order valence-electron chi connectivity index (χ1n) is 8.67. The maximum absolute atomic E-state index is 13.2. The van der Waals surface area contributed by atoms with Crippen molar-refractivity contribution in [3.63, 3.8) is 0 Å². The Balaban J connectivity index is 1.44. The Labute approximate surface area is 160 Å². The zero-order valence-electron chi connectivity index (χ0n) is 14.5. The molecule has 1 aromatic heterocycles. The third-order valence-corrected chi connectivity index (χ3v) is 4.96. The van der Waals surface area contributed by atoms with Gasteiger partial charge in [0.2, 0.25) is 5.95 Å². The molecular formula is C18H18ClFN4O3. The molecule has 1 amide bonds. The smallest absolute Gasteiger partial charge is 0.274 e. The third kappa shape index (κ3) is 3.87. The molecule has 0 unspecified atom stereocenters. The van der Waals surface area contributed by atoms with Gasteiger partial charge in [0.05, 0.1) is 18.2 Å². The molecular weight excluding hydrogens is 375 g/mol. The highest BCUT2D eigenvalue weighted by molar-refractivity contribution is 6.31. The van der Waals surface area contributed by atoms with Gasteiger partial charge in [-0.3, -0.25) is 4.79 Å². The van der Waals surface area contributed by atoms with Crippen molar-refractivity contribution in [3.05, 3.63) is 47.0 Å². The summed E-state index contributed by atoms with van der Waals surface area (Å²) in [5.74, 6) is -0.963. The van der Waals surface area contributed by atoms with Crippen LogP contribution in [-0.2, 0) is 9.47 Å². The maximum Gasteiger partial charge on any atom is 0.274 e. The van der Waals surface area contributed by atoms with Crippen molar-refractivity contribution in [2.24, 2.45) is 0 Å². The minimum absolute atomic E-state index is 0.0604. The SMILES string of the molecule is O=C(Nc1ccc(F)c(Cl)c1)c1ccnc(N2CCC3(CC2)OCCO3)n1. The number of hydrogen-bond acceptors (Lipinski definition) is 6. The monoisotopic (exact) mass is 392 g/mol. The summed E-state index contributed by atoms with van der Waals surface area (Å²) in [5.41, 5.74) is 0.608. The Kier molecular flexibility index (Phi) is 4.94. The number of nitrogens with one attached hydrogen (secondary N) is 1. The lowest BCUT2D eigenvalue weighted by Crippen LogP contribution is -2.45. The van der Waals surface area contributed by atoms with E-state index in [4.69, 9.17) is 21.1 Å². The van der Waals surface area contributed by atoms with Gasteiger partial charge in [-0.25, -0.2) is 14.4 Å². The van der Waals surface area contributed by atoms with Crippen molar-refractivity contribution in [2.45, 2.75) is 18.6 Å². The highest BCUT2D eigenvalue weighted by atomic mass is 35.5. The summed E-state index contributed by atoms with van der Waals surface area (Å²) in [5, 5.41) is 2.60. The summed E-state index contributed by atoms with van der Waals surface area (Å²) in [6.45, 7) is 2.61. The van der Waals surface area contributed by atoms with Crippen molar-refractivity contribution >= 4 is 29.1 Å². The predicted octanol–water partition coefficient (Wildman–Crippen LogP) is 2.86. The predicted molar refractivity (Wildman–Crippen MR) is 97.5 cm³/mol. The number of halogens is 2. The van der Waals surface area contributed by atoms with E-state index >= 15 is 0 Å². The van der Waals surface area contributed by atoms with Crippen LogP contribution < -0.4 is 10.2 Å². The van der Waals surface area contributed by atoms with Gasteiger partial charge in [-0.2, -0.15) is 0 Å². The summed E-state index contributed by atoms with van der Waals surface area (Å²) in [6.07, 6.45) is 2.99. The average Bonchev–Trinajstić information content (AvgIpc) is 3.13. The van der Waals surface area contributed by atoms with Crippen molar-refractivity contribution in [1.29, 1.82) is 0 Å². The molecule has 1 spiro atoms. The number of anilines is 2. The van der Waals surface area contributed by atoms with Crippen LogP contribution in [0.25, 0.3) is 0 Å². The molecule has 2 aliphatic heterocycles. The fourth-order valence-corrected chi connectivity index (χ4v) is 3.41. The molecule has 9 heteroatoms. The van der Waals surface area contributed by atoms with Gasteiger partial charge in [0.15, 0.2) is 5.79 Å². The second-order valence-electron chi connectivity index (χ2n) is 6.42. The number of ether oxygens (including phenoxy) is 2. The second kappa shape index (κ2) is 7.38. The number of piperidine rings is 1. The van der Waals surface area contributed by atoms with E-state index in [0.29, 0.717) is 37.9 Å². The zero-order chi connectivity index (χ0) is 18.9. The minimum Gasteiger partial charge on any atom is -0.347 e. The number of carbonyl (C=O) groups excluding carboxylic acids is 1. The van der Waals surface area contributed by atoms with E-state index in [1.807, 2.05) is 4.90 Å². The summed E-state index contributed by atoms with van der Waals surface area (Å²) in [4.78, 5) is 23.1. The van der Waals surface area contributed by atoms with Crippen molar-refractivity contribution in [3.8, 4) is 0 Å². The van der Waals surface area contributed by atoms with Crippen LogP contribution in [0.15, 0.2) is 30.5 Å². The van der Waals surface area contributed by atoms with Gasteiger partial charge >= 0.3 is 0 Å². The fourth-order valence-electron chi connectivity index (χ4n) is 3.23. The fraction of sp³-hybridized carbons (Fsp3) is 0.389. The van der Waals surface area contributed by atoms with E-state index in [1.165, 1.54) is 24.3 Å². The lowest BCUT2D eigenvalue weighted by molar-refractivity contribution is -0.169. The molecule has 2 aliphatic rings. The van der Waals surface area contributed by atoms with Gasteiger partial charge < -0.3 is 19.7 Å². The number of benzene rings is 1. The highest BCUT2D eigenvalue weighted by Gasteiger charge is 2.40. The van der Waals surface area contributed by atoms with E-state index < -0.39 is 17.5 Å². The van der Waals surface area contributed by atoms with Crippen LogP contribution >= 0.6 is 11.6 Å².